The lowest BCUT2D eigenvalue weighted by atomic mass is 9.97. The molecule has 0 saturated carbocycles. The first-order valence-electron chi connectivity index (χ1n) is 7.29. The SMILES string of the molecule is CCCCN(C(=O)C1(C)CCCN1)c1ccccc1. The minimum absolute atomic E-state index is 0.213. The van der Waals surface area contributed by atoms with Gasteiger partial charge in [-0.25, -0.2) is 0 Å². The zero-order valence-electron chi connectivity index (χ0n) is 12.0. The van der Waals surface area contributed by atoms with Crippen molar-refractivity contribution in [1.82, 2.24) is 5.32 Å². The molecule has 1 aromatic carbocycles. The molecule has 1 fully saturated rings. The highest BCUT2D eigenvalue weighted by atomic mass is 16.2. The number of amides is 1. The van der Waals surface area contributed by atoms with Crippen molar-refractivity contribution in [3.63, 3.8) is 0 Å². The summed E-state index contributed by atoms with van der Waals surface area (Å²) in [6, 6.07) is 10.0. The molecule has 1 aliphatic rings. The van der Waals surface area contributed by atoms with E-state index in [4.69, 9.17) is 0 Å². The van der Waals surface area contributed by atoms with E-state index >= 15 is 0 Å². The van der Waals surface area contributed by atoms with Gasteiger partial charge in [-0.2, -0.15) is 0 Å². The average Bonchev–Trinajstić information content (AvgIpc) is 2.88. The molecule has 0 bridgehead atoms. The van der Waals surface area contributed by atoms with Gasteiger partial charge in [-0.1, -0.05) is 31.5 Å². The second kappa shape index (κ2) is 6.20. The summed E-state index contributed by atoms with van der Waals surface area (Å²) < 4.78 is 0. The molecule has 1 heterocycles. The van der Waals surface area contributed by atoms with Gasteiger partial charge in [0.1, 0.15) is 0 Å². The molecule has 1 aromatic rings. The Hall–Kier alpha value is -1.35. The van der Waals surface area contributed by atoms with Crippen LogP contribution in [0.25, 0.3) is 0 Å². The zero-order valence-corrected chi connectivity index (χ0v) is 12.0. The van der Waals surface area contributed by atoms with E-state index < -0.39 is 0 Å². The lowest BCUT2D eigenvalue weighted by Crippen LogP contribution is -2.53. The monoisotopic (exact) mass is 260 g/mol. The lowest BCUT2D eigenvalue weighted by Gasteiger charge is -2.32. The third kappa shape index (κ3) is 3.16. The first-order valence-corrected chi connectivity index (χ1v) is 7.29. The maximum atomic E-state index is 12.8. The van der Waals surface area contributed by atoms with Crippen molar-refractivity contribution in [2.45, 2.75) is 45.1 Å². The molecule has 104 valence electrons. The molecule has 1 amide bonds. The zero-order chi connectivity index (χ0) is 13.7. The fraction of sp³-hybridized carbons (Fsp3) is 0.562. The maximum Gasteiger partial charge on any atom is 0.246 e. The van der Waals surface area contributed by atoms with E-state index in [-0.39, 0.29) is 11.4 Å². The predicted octanol–water partition coefficient (Wildman–Crippen LogP) is 2.96. The van der Waals surface area contributed by atoms with Gasteiger partial charge in [0, 0.05) is 12.2 Å². The Labute approximate surface area is 116 Å². The number of unbranched alkanes of at least 4 members (excludes halogenated alkanes) is 1. The second-order valence-corrected chi connectivity index (χ2v) is 5.51. The van der Waals surface area contributed by atoms with Crippen LogP contribution >= 0.6 is 0 Å². The van der Waals surface area contributed by atoms with E-state index in [1.54, 1.807) is 0 Å². The van der Waals surface area contributed by atoms with Crippen LogP contribution in [-0.4, -0.2) is 24.5 Å². The Morgan fingerprint density at radius 2 is 2.11 bits per heavy atom. The number of hydrogen-bond acceptors (Lipinski definition) is 2. The van der Waals surface area contributed by atoms with Gasteiger partial charge in [0.25, 0.3) is 0 Å². The minimum atomic E-state index is -0.385. The van der Waals surface area contributed by atoms with Crippen molar-refractivity contribution < 1.29 is 4.79 Å². The standard InChI is InChI=1S/C16H24N2O/c1-3-4-13-18(14-9-6-5-7-10-14)15(19)16(2)11-8-12-17-16/h5-7,9-10,17H,3-4,8,11-13H2,1-2H3. The van der Waals surface area contributed by atoms with E-state index in [9.17, 15) is 4.79 Å². The van der Waals surface area contributed by atoms with Crippen molar-refractivity contribution in [3.8, 4) is 0 Å². The topological polar surface area (TPSA) is 32.3 Å². The summed E-state index contributed by atoms with van der Waals surface area (Å²) in [4.78, 5) is 14.8. The molecule has 1 aliphatic heterocycles. The van der Waals surface area contributed by atoms with Crippen LogP contribution in [0.15, 0.2) is 30.3 Å². The van der Waals surface area contributed by atoms with Gasteiger partial charge in [0.2, 0.25) is 5.91 Å². The van der Waals surface area contributed by atoms with Gasteiger partial charge in [0.15, 0.2) is 0 Å². The minimum Gasteiger partial charge on any atom is -0.311 e. The Balaban J connectivity index is 2.20. The summed E-state index contributed by atoms with van der Waals surface area (Å²) in [6.45, 7) is 5.93. The Morgan fingerprint density at radius 1 is 1.37 bits per heavy atom. The quantitative estimate of drug-likeness (QED) is 0.882. The highest BCUT2D eigenvalue weighted by Crippen LogP contribution is 2.25. The molecule has 1 unspecified atom stereocenters. The van der Waals surface area contributed by atoms with Gasteiger partial charge >= 0.3 is 0 Å². The molecule has 1 saturated heterocycles. The molecular weight excluding hydrogens is 236 g/mol. The maximum absolute atomic E-state index is 12.8. The highest BCUT2D eigenvalue weighted by molar-refractivity contribution is 6.00. The summed E-state index contributed by atoms with van der Waals surface area (Å²) in [6.07, 6.45) is 4.15. The molecule has 2 rings (SSSR count). The van der Waals surface area contributed by atoms with Crippen molar-refractivity contribution in [2.75, 3.05) is 18.0 Å². The Kier molecular flexibility index (Phi) is 4.59. The normalized spacial score (nSPS) is 22.4. The number of carbonyl (C=O) groups excluding carboxylic acids is 1. The summed E-state index contributed by atoms with van der Waals surface area (Å²) >= 11 is 0. The number of para-hydroxylation sites is 1. The van der Waals surface area contributed by atoms with E-state index in [2.05, 4.69) is 12.2 Å². The summed E-state index contributed by atoms with van der Waals surface area (Å²) in [5, 5.41) is 3.37. The van der Waals surface area contributed by atoms with E-state index in [1.165, 1.54) is 0 Å². The molecule has 0 aliphatic carbocycles. The van der Waals surface area contributed by atoms with Gasteiger partial charge in [-0.3, -0.25) is 4.79 Å². The van der Waals surface area contributed by atoms with Gasteiger partial charge in [-0.05, 0) is 44.9 Å². The van der Waals surface area contributed by atoms with Crippen LogP contribution < -0.4 is 10.2 Å². The number of hydrogen-bond donors (Lipinski definition) is 1. The first kappa shape index (κ1) is 14.1. The van der Waals surface area contributed by atoms with Crippen LogP contribution in [0.5, 0.6) is 0 Å². The van der Waals surface area contributed by atoms with Crippen molar-refractivity contribution >= 4 is 11.6 Å². The fourth-order valence-electron chi connectivity index (χ4n) is 2.65. The van der Waals surface area contributed by atoms with Gasteiger partial charge < -0.3 is 10.2 Å². The summed E-state index contributed by atoms with van der Waals surface area (Å²) in [5.41, 5.74) is 0.625. The second-order valence-electron chi connectivity index (χ2n) is 5.51. The number of carbonyl (C=O) groups is 1. The summed E-state index contributed by atoms with van der Waals surface area (Å²) in [7, 11) is 0. The third-order valence-corrected chi connectivity index (χ3v) is 3.89. The first-order chi connectivity index (χ1) is 9.17. The molecule has 0 aromatic heterocycles. The van der Waals surface area contributed by atoms with Crippen LogP contribution in [-0.2, 0) is 4.79 Å². The molecule has 0 spiro atoms. The van der Waals surface area contributed by atoms with Crippen LogP contribution in [0.1, 0.15) is 39.5 Å². The molecule has 1 atom stereocenters. The van der Waals surface area contributed by atoms with Crippen molar-refractivity contribution in [3.05, 3.63) is 30.3 Å². The smallest absolute Gasteiger partial charge is 0.246 e. The van der Waals surface area contributed by atoms with E-state index in [1.807, 2.05) is 42.2 Å². The van der Waals surface area contributed by atoms with Crippen LogP contribution in [0.4, 0.5) is 5.69 Å². The van der Waals surface area contributed by atoms with Crippen LogP contribution in [0.2, 0.25) is 0 Å². The number of nitrogens with zero attached hydrogens (tertiary/aromatic N) is 1. The van der Waals surface area contributed by atoms with Crippen LogP contribution in [0.3, 0.4) is 0 Å². The Morgan fingerprint density at radius 3 is 2.68 bits per heavy atom. The molecule has 3 nitrogen and oxygen atoms in total. The number of anilines is 1. The highest BCUT2D eigenvalue weighted by Gasteiger charge is 2.39. The van der Waals surface area contributed by atoms with E-state index in [0.29, 0.717) is 0 Å². The van der Waals surface area contributed by atoms with Gasteiger partial charge in [0.05, 0.1) is 5.54 Å². The molecule has 3 heteroatoms. The number of rotatable bonds is 5. The van der Waals surface area contributed by atoms with Crippen molar-refractivity contribution in [2.24, 2.45) is 0 Å². The van der Waals surface area contributed by atoms with Gasteiger partial charge in [-0.15, -0.1) is 0 Å². The largest absolute Gasteiger partial charge is 0.311 e. The molecular formula is C16H24N2O. The van der Waals surface area contributed by atoms with E-state index in [0.717, 1.165) is 44.5 Å². The lowest BCUT2D eigenvalue weighted by molar-refractivity contribution is -0.123. The molecule has 19 heavy (non-hydrogen) atoms. The Bertz CT molecular complexity index is 410. The average molecular weight is 260 g/mol. The predicted molar refractivity (Wildman–Crippen MR) is 79.3 cm³/mol. The number of nitrogens with one attached hydrogen (secondary N) is 1. The molecule has 0 radical (unpaired) electrons. The molecule has 1 N–H and O–H groups in total. The number of benzene rings is 1. The van der Waals surface area contributed by atoms with Crippen molar-refractivity contribution in [1.29, 1.82) is 0 Å². The summed E-state index contributed by atoms with van der Waals surface area (Å²) in [5.74, 6) is 0.213. The fourth-order valence-corrected chi connectivity index (χ4v) is 2.65. The van der Waals surface area contributed by atoms with Crippen LogP contribution in [0, 0.1) is 0 Å². The third-order valence-electron chi connectivity index (χ3n) is 3.89.